The second kappa shape index (κ2) is 10.2. The number of hydrazone groups is 1. The molecular formula is C24H18N4O7. The van der Waals surface area contributed by atoms with E-state index in [9.17, 15) is 24.8 Å². The predicted molar refractivity (Wildman–Crippen MR) is 125 cm³/mol. The minimum atomic E-state index is -0.770. The number of aromatic hydroxyl groups is 1. The molecule has 0 radical (unpaired) electrons. The number of amides is 2. The van der Waals surface area contributed by atoms with E-state index in [0.29, 0.717) is 22.6 Å². The monoisotopic (exact) mass is 474 g/mol. The summed E-state index contributed by atoms with van der Waals surface area (Å²) in [6.07, 6.45) is 2.48. The molecule has 0 atom stereocenters. The molecule has 0 spiro atoms. The molecule has 1 aliphatic rings. The summed E-state index contributed by atoms with van der Waals surface area (Å²) >= 11 is 0. The van der Waals surface area contributed by atoms with Gasteiger partial charge in [-0.05, 0) is 42.0 Å². The maximum Gasteiger partial charge on any atom is 0.311 e. The number of nitrogens with zero attached hydrogens (tertiary/aromatic N) is 2. The van der Waals surface area contributed by atoms with Gasteiger partial charge in [-0.25, -0.2) is 5.43 Å². The number of phenols is 1. The number of nitro groups is 1. The Kier molecular flexibility index (Phi) is 6.68. The van der Waals surface area contributed by atoms with Gasteiger partial charge < -0.3 is 19.9 Å². The van der Waals surface area contributed by atoms with E-state index in [-0.39, 0.29) is 18.1 Å². The first-order chi connectivity index (χ1) is 16.9. The summed E-state index contributed by atoms with van der Waals surface area (Å²) < 4.78 is 10.6. The van der Waals surface area contributed by atoms with Crippen LogP contribution < -0.4 is 20.2 Å². The summed E-state index contributed by atoms with van der Waals surface area (Å²) in [5.74, 6) is -0.833. The fraction of sp³-hybridized carbons (Fsp3) is 0.0417. The number of rotatable bonds is 7. The van der Waals surface area contributed by atoms with Crippen molar-refractivity contribution in [2.75, 3.05) is 6.79 Å². The Bertz CT molecular complexity index is 1350. The van der Waals surface area contributed by atoms with Gasteiger partial charge in [-0.1, -0.05) is 30.3 Å². The van der Waals surface area contributed by atoms with Crippen LogP contribution in [0.2, 0.25) is 0 Å². The first kappa shape index (κ1) is 23.0. The normalized spacial score (nSPS) is 12.4. The molecule has 3 N–H and O–H groups in total. The van der Waals surface area contributed by atoms with Crippen LogP contribution in [0.25, 0.3) is 6.08 Å². The van der Waals surface area contributed by atoms with E-state index in [0.717, 1.165) is 12.3 Å². The van der Waals surface area contributed by atoms with Crippen LogP contribution in [0.5, 0.6) is 17.2 Å². The molecule has 0 aromatic heterocycles. The Morgan fingerprint density at radius 2 is 1.80 bits per heavy atom. The highest BCUT2D eigenvalue weighted by Gasteiger charge is 2.18. The zero-order valence-corrected chi connectivity index (χ0v) is 18.0. The molecule has 176 valence electrons. The van der Waals surface area contributed by atoms with Gasteiger partial charge in [-0.15, -0.1) is 0 Å². The molecule has 11 heteroatoms. The number of carbonyl (C=O) groups excluding carboxylic acids is 2. The number of hydrogen-bond acceptors (Lipinski definition) is 8. The lowest BCUT2D eigenvalue weighted by Gasteiger charge is -2.09. The molecule has 3 aromatic rings. The molecule has 1 aliphatic heterocycles. The minimum Gasteiger partial charge on any atom is -0.502 e. The number of hydrogen-bond donors (Lipinski definition) is 3. The van der Waals surface area contributed by atoms with Gasteiger partial charge in [0.05, 0.1) is 11.1 Å². The van der Waals surface area contributed by atoms with Crippen LogP contribution in [0, 0.1) is 10.1 Å². The zero-order chi connectivity index (χ0) is 24.8. The topological polar surface area (TPSA) is 152 Å². The quantitative estimate of drug-likeness (QED) is 0.206. The number of benzene rings is 3. The summed E-state index contributed by atoms with van der Waals surface area (Å²) in [5.41, 5.74) is 2.53. The van der Waals surface area contributed by atoms with Gasteiger partial charge in [0.25, 0.3) is 11.8 Å². The summed E-state index contributed by atoms with van der Waals surface area (Å²) in [4.78, 5) is 35.8. The highest BCUT2D eigenvalue weighted by Crippen LogP contribution is 2.33. The molecule has 35 heavy (non-hydrogen) atoms. The maximum atomic E-state index is 12.9. The number of nitrogens with one attached hydrogen (secondary N) is 2. The van der Waals surface area contributed by atoms with Crippen molar-refractivity contribution in [2.45, 2.75) is 0 Å². The molecule has 3 aromatic carbocycles. The van der Waals surface area contributed by atoms with Crippen molar-refractivity contribution >= 4 is 29.8 Å². The average molecular weight is 474 g/mol. The molecule has 4 rings (SSSR count). The highest BCUT2D eigenvalue weighted by atomic mass is 16.7. The lowest BCUT2D eigenvalue weighted by Crippen LogP contribution is -2.32. The minimum absolute atomic E-state index is 0.0223. The molecular weight excluding hydrogens is 456 g/mol. The van der Waals surface area contributed by atoms with Crippen LogP contribution >= 0.6 is 0 Å². The SMILES string of the molecule is O=C(NN=Cc1cccc([N+](=O)[O-])c1O)C(=Cc1ccc2c(c1)OCO2)NC(=O)c1ccccc1. The number of fused-ring (bicyclic) bond motifs is 1. The second-order valence-electron chi connectivity index (χ2n) is 7.16. The molecule has 1 heterocycles. The van der Waals surface area contributed by atoms with Crippen molar-refractivity contribution in [2.24, 2.45) is 5.10 Å². The van der Waals surface area contributed by atoms with Crippen molar-refractivity contribution in [3.05, 3.63) is 99.2 Å². The third-order valence-electron chi connectivity index (χ3n) is 4.85. The molecule has 0 saturated carbocycles. The molecule has 2 amide bonds. The number of ether oxygens (including phenoxy) is 2. The van der Waals surface area contributed by atoms with Gasteiger partial charge in [0, 0.05) is 17.2 Å². The van der Waals surface area contributed by atoms with Gasteiger partial charge in [0.15, 0.2) is 11.5 Å². The van der Waals surface area contributed by atoms with Crippen LogP contribution in [0.1, 0.15) is 21.5 Å². The largest absolute Gasteiger partial charge is 0.502 e. The van der Waals surface area contributed by atoms with E-state index in [1.807, 2.05) is 0 Å². The van der Waals surface area contributed by atoms with Crippen LogP contribution in [-0.4, -0.2) is 34.9 Å². The lowest BCUT2D eigenvalue weighted by atomic mass is 10.1. The maximum absolute atomic E-state index is 12.9. The average Bonchev–Trinajstić information content (AvgIpc) is 3.33. The smallest absolute Gasteiger partial charge is 0.311 e. The van der Waals surface area contributed by atoms with E-state index in [4.69, 9.17) is 9.47 Å². The van der Waals surface area contributed by atoms with E-state index in [1.54, 1.807) is 48.5 Å². The first-order valence-electron chi connectivity index (χ1n) is 10.2. The highest BCUT2D eigenvalue weighted by molar-refractivity contribution is 6.05. The van der Waals surface area contributed by atoms with Crippen molar-refractivity contribution in [3.8, 4) is 17.2 Å². The number of nitro benzene ring substituents is 1. The Labute approximate surface area is 198 Å². The summed E-state index contributed by atoms with van der Waals surface area (Å²) in [7, 11) is 0. The van der Waals surface area contributed by atoms with Gasteiger partial charge >= 0.3 is 5.69 Å². The van der Waals surface area contributed by atoms with E-state index in [2.05, 4.69) is 15.8 Å². The van der Waals surface area contributed by atoms with Gasteiger partial charge in [0.1, 0.15) is 5.70 Å². The van der Waals surface area contributed by atoms with Gasteiger partial charge in [-0.3, -0.25) is 19.7 Å². The van der Waals surface area contributed by atoms with Crippen molar-refractivity contribution in [1.82, 2.24) is 10.7 Å². The van der Waals surface area contributed by atoms with E-state index >= 15 is 0 Å². The second-order valence-corrected chi connectivity index (χ2v) is 7.16. The molecule has 0 aliphatic carbocycles. The standard InChI is InChI=1S/C24H18N4O7/c29-22-17(7-4-8-19(22)28(32)33)13-25-27-24(31)18(26-23(30)16-5-2-1-3-6-16)11-15-9-10-20-21(12-15)35-14-34-20/h1-13,29H,14H2,(H,26,30)(H,27,31). The Balaban J connectivity index is 1.57. The van der Waals surface area contributed by atoms with E-state index < -0.39 is 28.2 Å². The van der Waals surface area contributed by atoms with Gasteiger partial charge in [0.2, 0.25) is 12.5 Å². The van der Waals surface area contributed by atoms with Crippen LogP contribution in [-0.2, 0) is 4.79 Å². The Morgan fingerprint density at radius 1 is 1.03 bits per heavy atom. The number of para-hydroxylation sites is 1. The third-order valence-corrected chi connectivity index (χ3v) is 4.85. The Hall–Kier alpha value is -5.19. The first-order valence-corrected chi connectivity index (χ1v) is 10.2. The van der Waals surface area contributed by atoms with Crippen LogP contribution in [0.3, 0.4) is 0 Å². The zero-order valence-electron chi connectivity index (χ0n) is 18.0. The van der Waals surface area contributed by atoms with Crippen LogP contribution in [0.4, 0.5) is 5.69 Å². The predicted octanol–water partition coefficient (Wildman–Crippen LogP) is 2.95. The molecule has 0 unspecified atom stereocenters. The third kappa shape index (κ3) is 5.42. The molecule has 0 bridgehead atoms. The summed E-state index contributed by atoms with van der Waals surface area (Å²) in [6.45, 7) is 0.0831. The molecule has 11 nitrogen and oxygen atoms in total. The van der Waals surface area contributed by atoms with Crippen LogP contribution in [0.15, 0.2) is 77.5 Å². The van der Waals surface area contributed by atoms with Crippen molar-refractivity contribution in [3.63, 3.8) is 0 Å². The number of carbonyl (C=O) groups is 2. The lowest BCUT2D eigenvalue weighted by molar-refractivity contribution is -0.385. The fourth-order valence-electron chi connectivity index (χ4n) is 3.13. The fourth-order valence-corrected chi connectivity index (χ4v) is 3.13. The van der Waals surface area contributed by atoms with Gasteiger partial charge in [-0.2, -0.15) is 5.10 Å². The van der Waals surface area contributed by atoms with E-state index in [1.165, 1.54) is 18.2 Å². The summed E-state index contributed by atoms with van der Waals surface area (Å²) in [5, 5.41) is 27.3. The Morgan fingerprint density at radius 3 is 2.57 bits per heavy atom. The summed E-state index contributed by atoms with van der Waals surface area (Å²) in [6, 6.07) is 17.2. The van der Waals surface area contributed by atoms with Crippen molar-refractivity contribution < 1.29 is 29.1 Å². The molecule has 0 fully saturated rings. The number of phenolic OH excluding ortho intramolecular Hbond substituents is 1. The molecule has 0 saturated heterocycles. The van der Waals surface area contributed by atoms with Crippen molar-refractivity contribution in [1.29, 1.82) is 0 Å².